The fourth-order valence-corrected chi connectivity index (χ4v) is 1.46. The number of carbonyl (C=O) groups excluding carboxylic acids is 1. The number of methoxy groups -OCH3 is 1. The molecule has 0 bridgehead atoms. The third-order valence-corrected chi connectivity index (χ3v) is 2.52. The number of aromatic nitrogens is 1. The van der Waals surface area contributed by atoms with E-state index in [-0.39, 0.29) is 5.91 Å². The SMILES string of the molecule is COCC(C)CNC(=O)c1ccc(Br)nc1. The molecule has 0 spiro atoms. The van der Waals surface area contributed by atoms with E-state index in [4.69, 9.17) is 4.74 Å². The first-order valence-electron chi connectivity index (χ1n) is 5.02. The van der Waals surface area contributed by atoms with Crippen LogP contribution in [-0.2, 0) is 4.74 Å². The van der Waals surface area contributed by atoms with Crippen LogP contribution in [0, 0.1) is 5.92 Å². The van der Waals surface area contributed by atoms with Gasteiger partial charge in [-0.05, 0) is 34.0 Å². The Hall–Kier alpha value is -0.940. The van der Waals surface area contributed by atoms with Gasteiger partial charge in [-0.3, -0.25) is 4.79 Å². The summed E-state index contributed by atoms with van der Waals surface area (Å²) in [6, 6.07) is 3.47. The van der Waals surface area contributed by atoms with E-state index in [2.05, 4.69) is 26.2 Å². The van der Waals surface area contributed by atoms with E-state index in [1.165, 1.54) is 0 Å². The molecule has 0 aliphatic rings. The Morgan fingerprint density at radius 2 is 2.38 bits per heavy atom. The largest absolute Gasteiger partial charge is 0.384 e. The van der Waals surface area contributed by atoms with Crippen LogP contribution in [0.1, 0.15) is 17.3 Å². The molecule has 1 rings (SSSR count). The minimum atomic E-state index is -0.108. The van der Waals surface area contributed by atoms with Crippen molar-refractivity contribution in [2.75, 3.05) is 20.3 Å². The topological polar surface area (TPSA) is 51.2 Å². The van der Waals surface area contributed by atoms with Crippen molar-refractivity contribution in [1.29, 1.82) is 0 Å². The molecular formula is C11H15BrN2O2. The van der Waals surface area contributed by atoms with E-state index < -0.39 is 0 Å². The highest BCUT2D eigenvalue weighted by Gasteiger charge is 2.07. The fourth-order valence-electron chi connectivity index (χ4n) is 1.22. The highest BCUT2D eigenvalue weighted by Crippen LogP contribution is 2.06. The average molecular weight is 287 g/mol. The van der Waals surface area contributed by atoms with E-state index in [0.717, 1.165) is 4.60 Å². The lowest BCUT2D eigenvalue weighted by Gasteiger charge is -2.11. The molecule has 0 fully saturated rings. The van der Waals surface area contributed by atoms with Crippen LogP contribution >= 0.6 is 15.9 Å². The lowest BCUT2D eigenvalue weighted by atomic mass is 10.2. The number of ether oxygens (including phenoxy) is 1. The van der Waals surface area contributed by atoms with Crippen LogP contribution in [-0.4, -0.2) is 31.2 Å². The third-order valence-electron chi connectivity index (χ3n) is 2.05. The maximum atomic E-state index is 11.7. The van der Waals surface area contributed by atoms with Gasteiger partial charge in [-0.2, -0.15) is 0 Å². The van der Waals surface area contributed by atoms with Crippen LogP contribution in [0.5, 0.6) is 0 Å². The van der Waals surface area contributed by atoms with Crippen LogP contribution in [0.4, 0.5) is 0 Å². The number of amides is 1. The molecule has 0 radical (unpaired) electrons. The van der Waals surface area contributed by atoms with Gasteiger partial charge in [-0.25, -0.2) is 4.98 Å². The van der Waals surface area contributed by atoms with Gasteiger partial charge >= 0.3 is 0 Å². The van der Waals surface area contributed by atoms with Crippen molar-refractivity contribution in [3.05, 3.63) is 28.5 Å². The smallest absolute Gasteiger partial charge is 0.252 e. The van der Waals surface area contributed by atoms with Crippen molar-refractivity contribution < 1.29 is 9.53 Å². The minimum absolute atomic E-state index is 0.108. The van der Waals surface area contributed by atoms with Gasteiger partial charge in [0.1, 0.15) is 4.60 Å². The zero-order chi connectivity index (χ0) is 12.0. The zero-order valence-electron chi connectivity index (χ0n) is 9.37. The Kier molecular flexibility index (Phi) is 5.42. The first kappa shape index (κ1) is 13.1. The van der Waals surface area contributed by atoms with E-state index in [1.807, 2.05) is 6.92 Å². The molecule has 1 amide bonds. The summed E-state index contributed by atoms with van der Waals surface area (Å²) in [6.07, 6.45) is 1.54. The Morgan fingerprint density at radius 1 is 1.62 bits per heavy atom. The summed E-state index contributed by atoms with van der Waals surface area (Å²) in [7, 11) is 1.65. The van der Waals surface area contributed by atoms with Crippen LogP contribution in [0.2, 0.25) is 0 Å². The minimum Gasteiger partial charge on any atom is -0.384 e. The van der Waals surface area contributed by atoms with Crippen LogP contribution < -0.4 is 5.32 Å². The second-order valence-corrected chi connectivity index (χ2v) is 4.45. The van der Waals surface area contributed by atoms with E-state index in [0.29, 0.717) is 24.6 Å². The van der Waals surface area contributed by atoms with Gasteiger partial charge in [0.2, 0.25) is 0 Å². The predicted octanol–water partition coefficient (Wildman–Crippen LogP) is 1.86. The zero-order valence-corrected chi connectivity index (χ0v) is 11.0. The highest BCUT2D eigenvalue weighted by molar-refractivity contribution is 9.10. The number of rotatable bonds is 5. The monoisotopic (exact) mass is 286 g/mol. The lowest BCUT2D eigenvalue weighted by Crippen LogP contribution is -2.29. The maximum absolute atomic E-state index is 11.7. The second-order valence-electron chi connectivity index (χ2n) is 3.64. The molecule has 88 valence electrons. The predicted molar refractivity (Wildman–Crippen MR) is 65.3 cm³/mol. The Balaban J connectivity index is 2.43. The molecule has 1 atom stereocenters. The van der Waals surface area contributed by atoms with Gasteiger partial charge in [0.15, 0.2) is 0 Å². The molecular weight excluding hydrogens is 272 g/mol. The molecule has 0 aliphatic heterocycles. The molecule has 1 aromatic rings. The Morgan fingerprint density at radius 3 is 2.94 bits per heavy atom. The molecule has 0 saturated heterocycles. The van der Waals surface area contributed by atoms with E-state index in [1.54, 1.807) is 25.4 Å². The molecule has 5 heteroatoms. The number of nitrogens with zero attached hydrogens (tertiary/aromatic N) is 1. The van der Waals surface area contributed by atoms with Gasteiger partial charge in [0.25, 0.3) is 5.91 Å². The first-order chi connectivity index (χ1) is 7.63. The summed E-state index contributed by atoms with van der Waals surface area (Å²) in [5.41, 5.74) is 0.563. The van der Waals surface area contributed by atoms with Gasteiger partial charge < -0.3 is 10.1 Å². The van der Waals surface area contributed by atoms with Crippen molar-refractivity contribution in [2.24, 2.45) is 5.92 Å². The molecule has 0 aliphatic carbocycles. The number of nitrogens with one attached hydrogen (secondary N) is 1. The molecule has 1 N–H and O–H groups in total. The molecule has 0 aromatic carbocycles. The standard InChI is InChI=1S/C11H15BrN2O2/c1-8(7-16-2)5-14-11(15)9-3-4-10(12)13-6-9/h3-4,6,8H,5,7H2,1-2H3,(H,14,15). The summed E-state index contributed by atoms with van der Waals surface area (Å²) < 4.78 is 5.71. The maximum Gasteiger partial charge on any atom is 0.252 e. The summed E-state index contributed by atoms with van der Waals surface area (Å²) in [5.74, 6) is 0.195. The fraction of sp³-hybridized carbons (Fsp3) is 0.455. The molecule has 1 heterocycles. The molecule has 0 saturated carbocycles. The van der Waals surface area contributed by atoms with E-state index >= 15 is 0 Å². The molecule has 4 nitrogen and oxygen atoms in total. The molecule has 1 unspecified atom stereocenters. The van der Waals surface area contributed by atoms with Crippen LogP contribution in [0.25, 0.3) is 0 Å². The van der Waals surface area contributed by atoms with Crippen molar-refractivity contribution in [3.63, 3.8) is 0 Å². The normalized spacial score (nSPS) is 12.2. The van der Waals surface area contributed by atoms with Gasteiger partial charge in [0.05, 0.1) is 12.2 Å². The van der Waals surface area contributed by atoms with Crippen molar-refractivity contribution in [3.8, 4) is 0 Å². The average Bonchev–Trinajstić information content (AvgIpc) is 2.27. The summed E-state index contributed by atoms with van der Waals surface area (Å²) in [5, 5.41) is 2.83. The summed E-state index contributed by atoms with van der Waals surface area (Å²) >= 11 is 3.22. The number of hydrogen-bond donors (Lipinski definition) is 1. The lowest BCUT2D eigenvalue weighted by molar-refractivity contribution is 0.0933. The van der Waals surface area contributed by atoms with Crippen molar-refractivity contribution in [2.45, 2.75) is 6.92 Å². The highest BCUT2D eigenvalue weighted by atomic mass is 79.9. The third kappa shape index (κ3) is 4.28. The van der Waals surface area contributed by atoms with Gasteiger partial charge in [-0.15, -0.1) is 0 Å². The van der Waals surface area contributed by atoms with Crippen molar-refractivity contribution in [1.82, 2.24) is 10.3 Å². The van der Waals surface area contributed by atoms with Crippen LogP contribution in [0.15, 0.2) is 22.9 Å². The van der Waals surface area contributed by atoms with E-state index in [9.17, 15) is 4.79 Å². The summed E-state index contributed by atoms with van der Waals surface area (Å²) in [4.78, 5) is 15.7. The Bertz CT molecular complexity index is 340. The molecule has 16 heavy (non-hydrogen) atoms. The summed E-state index contributed by atoms with van der Waals surface area (Å²) in [6.45, 7) is 3.26. The number of pyridine rings is 1. The second kappa shape index (κ2) is 6.60. The first-order valence-corrected chi connectivity index (χ1v) is 5.81. The molecule has 1 aromatic heterocycles. The number of halogens is 1. The van der Waals surface area contributed by atoms with Crippen LogP contribution in [0.3, 0.4) is 0 Å². The van der Waals surface area contributed by atoms with Gasteiger partial charge in [-0.1, -0.05) is 6.92 Å². The van der Waals surface area contributed by atoms with Gasteiger partial charge in [0, 0.05) is 19.9 Å². The quantitative estimate of drug-likeness (QED) is 0.841. The Labute approximate surface area is 104 Å². The number of carbonyl (C=O) groups is 1. The van der Waals surface area contributed by atoms with Crippen molar-refractivity contribution >= 4 is 21.8 Å². The number of hydrogen-bond acceptors (Lipinski definition) is 3.